The van der Waals surface area contributed by atoms with E-state index in [1.54, 1.807) is 6.20 Å². The van der Waals surface area contributed by atoms with Crippen molar-refractivity contribution in [2.75, 3.05) is 5.32 Å². The first kappa shape index (κ1) is 21.0. The first-order valence-electron chi connectivity index (χ1n) is 11.6. The summed E-state index contributed by atoms with van der Waals surface area (Å²) in [6, 6.07) is 8.43. The molecular weight excluding hydrogens is 370 g/mol. The van der Waals surface area contributed by atoms with Gasteiger partial charge in [-0.3, -0.25) is 4.79 Å². The van der Waals surface area contributed by atoms with Crippen LogP contribution >= 0.6 is 0 Å². The van der Waals surface area contributed by atoms with E-state index in [9.17, 15) is 10.1 Å². The van der Waals surface area contributed by atoms with E-state index in [-0.39, 0.29) is 17.5 Å². The van der Waals surface area contributed by atoms with Gasteiger partial charge in [0.1, 0.15) is 11.6 Å². The van der Waals surface area contributed by atoms with Crippen LogP contribution in [0.2, 0.25) is 0 Å². The Labute approximate surface area is 181 Å². The Morgan fingerprint density at radius 3 is 2.27 bits per heavy atom. The summed E-state index contributed by atoms with van der Waals surface area (Å²) >= 11 is 0. The largest absolute Gasteiger partial charge is 0.387 e. The Bertz CT molecular complexity index is 857. The molecule has 0 aromatic heterocycles. The van der Waals surface area contributed by atoms with Crippen LogP contribution in [0, 0.1) is 41.4 Å². The molecule has 1 atom stereocenters. The summed E-state index contributed by atoms with van der Waals surface area (Å²) in [6.07, 6.45) is 9.82. The fraction of sp³-hybridized carbons (Fsp3) is 0.615. The molecule has 5 rings (SSSR count). The first-order chi connectivity index (χ1) is 14.3. The lowest BCUT2D eigenvalue weighted by Crippen LogP contribution is -2.54. The lowest BCUT2D eigenvalue weighted by atomic mass is 9.48. The minimum atomic E-state index is -0.334. The van der Waals surface area contributed by atoms with Gasteiger partial charge in [-0.15, -0.1) is 0 Å². The van der Waals surface area contributed by atoms with E-state index in [4.69, 9.17) is 0 Å². The van der Waals surface area contributed by atoms with Crippen molar-refractivity contribution in [2.45, 2.75) is 78.2 Å². The van der Waals surface area contributed by atoms with Gasteiger partial charge in [-0.05, 0) is 92.6 Å². The Balaban J connectivity index is 1.47. The van der Waals surface area contributed by atoms with Crippen molar-refractivity contribution in [2.24, 2.45) is 23.2 Å². The molecule has 4 heteroatoms. The molecule has 0 spiro atoms. The number of hydrogen-bond acceptors (Lipinski definition) is 3. The van der Waals surface area contributed by atoms with E-state index >= 15 is 0 Å². The number of aryl methyl sites for hydroxylation is 1. The predicted molar refractivity (Wildman–Crippen MR) is 121 cm³/mol. The van der Waals surface area contributed by atoms with Crippen LogP contribution in [0.1, 0.15) is 76.3 Å². The van der Waals surface area contributed by atoms with E-state index in [1.165, 1.54) is 38.5 Å². The molecule has 4 nitrogen and oxygen atoms in total. The predicted octanol–water partition coefficient (Wildman–Crippen LogP) is 5.66. The van der Waals surface area contributed by atoms with Crippen LogP contribution in [0.3, 0.4) is 0 Å². The maximum Gasteiger partial charge on any atom is 0.267 e. The Morgan fingerprint density at radius 2 is 1.73 bits per heavy atom. The average molecular weight is 406 g/mol. The highest BCUT2D eigenvalue weighted by Gasteiger charge is 2.53. The van der Waals surface area contributed by atoms with Crippen molar-refractivity contribution >= 4 is 11.6 Å². The molecule has 4 saturated carbocycles. The molecule has 4 bridgehead atoms. The number of nitrogens with zero attached hydrogens (tertiary/aromatic N) is 1. The standard InChI is InChI=1S/C26H35N3O/c1-16(2)23-7-5-6-17(3)24(23)29-25(30)22(14-27)15-28-18(4)26-11-19-8-20(12-26)10-21(9-19)13-26/h5-7,15-16,18-21,28H,8-13H2,1-4H3,(H,29,30)/b22-15-. The summed E-state index contributed by atoms with van der Waals surface area (Å²) in [4.78, 5) is 12.9. The quantitative estimate of drug-likeness (QED) is 0.474. The number of benzene rings is 1. The number of hydrogen-bond donors (Lipinski definition) is 2. The van der Waals surface area contributed by atoms with Crippen molar-refractivity contribution in [3.63, 3.8) is 0 Å². The Hall–Kier alpha value is -2.28. The van der Waals surface area contributed by atoms with Gasteiger partial charge in [0.25, 0.3) is 5.91 Å². The van der Waals surface area contributed by atoms with Gasteiger partial charge in [0.05, 0.1) is 0 Å². The molecule has 1 aromatic rings. The molecule has 1 aromatic carbocycles. The molecule has 1 amide bonds. The lowest BCUT2D eigenvalue weighted by Gasteiger charge is -2.59. The number of nitriles is 1. The number of amides is 1. The summed E-state index contributed by atoms with van der Waals surface area (Å²) in [5, 5.41) is 16.1. The Morgan fingerprint density at radius 1 is 1.13 bits per heavy atom. The monoisotopic (exact) mass is 405 g/mol. The van der Waals surface area contributed by atoms with Gasteiger partial charge >= 0.3 is 0 Å². The van der Waals surface area contributed by atoms with E-state index in [2.05, 4.69) is 37.5 Å². The lowest BCUT2D eigenvalue weighted by molar-refractivity contribution is -0.112. The van der Waals surface area contributed by atoms with Crippen LogP contribution in [0.4, 0.5) is 5.69 Å². The van der Waals surface area contributed by atoms with Crippen LogP contribution < -0.4 is 10.6 Å². The highest BCUT2D eigenvalue weighted by atomic mass is 16.1. The van der Waals surface area contributed by atoms with Gasteiger partial charge in [-0.2, -0.15) is 5.26 Å². The summed E-state index contributed by atoms with van der Waals surface area (Å²) < 4.78 is 0. The van der Waals surface area contributed by atoms with Crippen LogP contribution in [-0.2, 0) is 4.79 Å². The molecule has 0 saturated heterocycles. The third-order valence-electron chi connectivity index (χ3n) is 8.01. The maximum absolute atomic E-state index is 12.9. The second-order valence-electron chi connectivity index (χ2n) is 10.5. The van der Waals surface area contributed by atoms with E-state index in [0.29, 0.717) is 11.3 Å². The van der Waals surface area contributed by atoms with Crippen LogP contribution in [0.25, 0.3) is 0 Å². The Kier molecular flexibility index (Phi) is 5.66. The topological polar surface area (TPSA) is 64.9 Å². The number of rotatable bonds is 6. The van der Waals surface area contributed by atoms with E-state index in [1.807, 2.05) is 25.1 Å². The summed E-state index contributed by atoms with van der Waals surface area (Å²) in [5.41, 5.74) is 3.41. The smallest absolute Gasteiger partial charge is 0.267 e. The minimum Gasteiger partial charge on any atom is -0.387 e. The average Bonchev–Trinajstić information content (AvgIpc) is 2.68. The number of anilines is 1. The first-order valence-corrected chi connectivity index (χ1v) is 11.6. The molecule has 160 valence electrons. The van der Waals surface area contributed by atoms with Crippen LogP contribution in [-0.4, -0.2) is 11.9 Å². The number of nitrogens with one attached hydrogen (secondary N) is 2. The molecule has 0 heterocycles. The fourth-order valence-corrected chi connectivity index (χ4v) is 6.76. The SMILES string of the molecule is Cc1cccc(C(C)C)c1NC(=O)/C(C#N)=C\NC(C)C12CC3CC(CC(C3)C1)C2. The normalized spacial score (nSPS) is 30.8. The minimum absolute atomic E-state index is 0.143. The molecule has 4 fully saturated rings. The molecule has 4 aliphatic rings. The zero-order valence-corrected chi connectivity index (χ0v) is 18.8. The second kappa shape index (κ2) is 8.10. The maximum atomic E-state index is 12.9. The molecule has 2 N–H and O–H groups in total. The van der Waals surface area contributed by atoms with E-state index in [0.717, 1.165) is 34.6 Å². The van der Waals surface area contributed by atoms with Crippen molar-refractivity contribution in [3.8, 4) is 6.07 Å². The molecule has 0 aliphatic heterocycles. The second-order valence-corrected chi connectivity index (χ2v) is 10.5. The van der Waals surface area contributed by atoms with Crippen LogP contribution in [0.15, 0.2) is 30.0 Å². The molecular formula is C26H35N3O. The van der Waals surface area contributed by atoms with Gasteiger partial charge < -0.3 is 10.6 Å². The van der Waals surface area contributed by atoms with Gasteiger partial charge in [0, 0.05) is 17.9 Å². The fourth-order valence-electron chi connectivity index (χ4n) is 6.76. The summed E-state index contributed by atoms with van der Waals surface area (Å²) in [6.45, 7) is 8.46. The van der Waals surface area contributed by atoms with Crippen LogP contribution in [0.5, 0.6) is 0 Å². The van der Waals surface area contributed by atoms with Crippen molar-refractivity contribution in [1.82, 2.24) is 5.32 Å². The number of para-hydroxylation sites is 1. The molecule has 30 heavy (non-hydrogen) atoms. The third-order valence-corrected chi connectivity index (χ3v) is 8.01. The van der Waals surface area contributed by atoms with E-state index < -0.39 is 0 Å². The summed E-state index contributed by atoms with van der Waals surface area (Å²) in [5.74, 6) is 2.62. The summed E-state index contributed by atoms with van der Waals surface area (Å²) in [7, 11) is 0. The molecule has 1 unspecified atom stereocenters. The number of carbonyl (C=O) groups excluding carboxylic acids is 1. The van der Waals surface area contributed by atoms with Crippen molar-refractivity contribution in [1.29, 1.82) is 5.26 Å². The van der Waals surface area contributed by atoms with Crippen molar-refractivity contribution < 1.29 is 4.79 Å². The van der Waals surface area contributed by atoms with Gasteiger partial charge in [-0.25, -0.2) is 0 Å². The zero-order valence-electron chi connectivity index (χ0n) is 18.8. The van der Waals surface area contributed by atoms with Gasteiger partial charge in [-0.1, -0.05) is 32.0 Å². The van der Waals surface area contributed by atoms with Crippen molar-refractivity contribution in [3.05, 3.63) is 41.1 Å². The molecule has 0 radical (unpaired) electrons. The highest BCUT2D eigenvalue weighted by molar-refractivity contribution is 6.07. The highest BCUT2D eigenvalue weighted by Crippen LogP contribution is 2.61. The third kappa shape index (κ3) is 3.87. The van der Waals surface area contributed by atoms with Gasteiger partial charge in [0.2, 0.25) is 0 Å². The molecule has 4 aliphatic carbocycles. The zero-order chi connectivity index (χ0) is 21.5. The number of carbonyl (C=O) groups is 1. The van der Waals surface area contributed by atoms with Gasteiger partial charge in [0.15, 0.2) is 0 Å².